The summed E-state index contributed by atoms with van der Waals surface area (Å²) in [6, 6.07) is 17.9. The van der Waals surface area contributed by atoms with Crippen molar-refractivity contribution in [2.45, 2.75) is 57.3 Å². The molecular weight excluding hydrogens is 579 g/mol. The zero-order valence-electron chi connectivity index (χ0n) is 23.1. The summed E-state index contributed by atoms with van der Waals surface area (Å²) in [5.74, 6) is -1.16. The molecule has 0 bridgehead atoms. The average molecular weight is 608 g/mol. The molecule has 6 rings (SSSR count). The molecule has 13 heteroatoms. The highest BCUT2D eigenvalue weighted by Crippen LogP contribution is 2.33. The number of aromatic nitrogens is 5. The van der Waals surface area contributed by atoms with E-state index in [2.05, 4.69) is 31.6 Å². The standard InChI is InChI=1S/C30H28F3N7O2S/c1-17-23(16-34-40-17)19-7-12-24-25(14-19)43-29(37-24)39-26-15-21(13-18-5-3-2-4-6-18)36-28(38-26)35-20-8-10-22(11-9-20)42-27(41)30(31,32)33/h2-7,12,14-16,20,22H,8-11,13H2,1H3,(H,34,40)(H2,35,36,37,38,39). The lowest BCUT2D eigenvalue weighted by Crippen LogP contribution is -2.35. The molecule has 1 aliphatic carbocycles. The van der Waals surface area contributed by atoms with Crippen molar-refractivity contribution in [2.75, 3.05) is 10.6 Å². The molecule has 0 radical (unpaired) electrons. The van der Waals surface area contributed by atoms with Crippen LogP contribution < -0.4 is 10.6 Å². The second-order valence-electron chi connectivity index (χ2n) is 10.5. The molecule has 1 aliphatic rings. The van der Waals surface area contributed by atoms with Crippen LogP contribution in [0.5, 0.6) is 0 Å². The van der Waals surface area contributed by atoms with Gasteiger partial charge in [0, 0.05) is 30.3 Å². The van der Waals surface area contributed by atoms with E-state index in [4.69, 9.17) is 15.0 Å². The quantitative estimate of drug-likeness (QED) is 0.162. The first-order valence-corrected chi connectivity index (χ1v) is 14.7. The van der Waals surface area contributed by atoms with Crippen LogP contribution in [0.15, 0.2) is 60.8 Å². The Hall–Kier alpha value is -4.52. The van der Waals surface area contributed by atoms with Crippen LogP contribution >= 0.6 is 11.3 Å². The van der Waals surface area contributed by atoms with Crippen LogP contribution in [0.3, 0.4) is 0 Å². The normalized spacial score (nSPS) is 17.1. The molecule has 0 atom stereocenters. The first-order valence-electron chi connectivity index (χ1n) is 13.8. The van der Waals surface area contributed by atoms with E-state index in [1.165, 1.54) is 11.3 Å². The maximum Gasteiger partial charge on any atom is 0.490 e. The number of nitrogens with zero attached hydrogens (tertiary/aromatic N) is 4. The number of anilines is 3. The van der Waals surface area contributed by atoms with Crippen molar-refractivity contribution in [2.24, 2.45) is 0 Å². The summed E-state index contributed by atoms with van der Waals surface area (Å²) in [6.07, 6.45) is -1.62. The molecule has 1 fully saturated rings. The summed E-state index contributed by atoms with van der Waals surface area (Å²) in [4.78, 5) is 25.4. The number of fused-ring (bicyclic) bond motifs is 1. The molecule has 0 spiro atoms. The number of hydrogen-bond acceptors (Lipinski definition) is 9. The maximum atomic E-state index is 12.6. The molecule has 9 nitrogen and oxygen atoms in total. The van der Waals surface area contributed by atoms with Crippen LogP contribution in [-0.4, -0.2) is 49.4 Å². The minimum atomic E-state index is -4.99. The van der Waals surface area contributed by atoms with E-state index < -0.39 is 18.2 Å². The molecule has 0 aliphatic heterocycles. The predicted molar refractivity (Wildman–Crippen MR) is 158 cm³/mol. The lowest BCUT2D eigenvalue weighted by atomic mass is 9.93. The van der Waals surface area contributed by atoms with Crippen LogP contribution in [0.2, 0.25) is 0 Å². The summed E-state index contributed by atoms with van der Waals surface area (Å²) in [5.41, 5.74) is 5.75. The van der Waals surface area contributed by atoms with Gasteiger partial charge in [-0.05, 0) is 55.9 Å². The third kappa shape index (κ3) is 6.94. The first-order chi connectivity index (χ1) is 20.7. The Kier molecular flexibility index (Phi) is 7.98. The molecule has 0 amide bonds. The van der Waals surface area contributed by atoms with Crippen molar-refractivity contribution < 1.29 is 22.7 Å². The number of nitrogens with one attached hydrogen (secondary N) is 3. The monoisotopic (exact) mass is 607 g/mol. The summed E-state index contributed by atoms with van der Waals surface area (Å²) in [7, 11) is 0. The Labute approximate surface area is 248 Å². The number of aryl methyl sites for hydroxylation is 1. The van der Waals surface area contributed by atoms with E-state index in [0.717, 1.165) is 38.3 Å². The number of halogens is 3. The molecule has 3 heterocycles. The minimum absolute atomic E-state index is 0.0760. The highest BCUT2D eigenvalue weighted by Gasteiger charge is 2.42. The zero-order valence-corrected chi connectivity index (χ0v) is 23.9. The van der Waals surface area contributed by atoms with E-state index in [0.29, 0.717) is 49.0 Å². The van der Waals surface area contributed by atoms with E-state index in [-0.39, 0.29) is 6.04 Å². The van der Waals surface area contributed by atoms with Crippen molar-refractivity contribution >= 4 is 44.4 Å². The van der Waals surface area contributed by atoms with Gasteiger partial charge in [0.25, 0.3) is 0 Å². The Morgan fingerprint density at radius 1 is 1.05 bits per heavy atom. The Bertz CT molecular complexity index is 1730. The zero-order chi connectivity index (χ0) is 30.0. The second-order valence-corrected chi connectivity index (χ2v) is 11.5. The van der Waals surface area contributed by atoms with Gasteiger partial charge in [0.15, 0.2) is 5.13 Å². The minimum Gasteiger partial charge on any atom is -0.456 e. The summed E-state index contributed by atoms with van der Waals surface area (Å²) in [6.45, 7) is 1.96. The number of thiazole rings is 1. The molecule has 1 saturated carbocycles. The van der Waals surface area contributed by atoms with Crippen LogP contribution in [0, 0.1) is 6.92 Å². The van der Waals surface area contributed by atoms with E-state index in [9.17, 15) is 18.0 Å². The molecule has 3 aromatic heterocycles. The smallest absolute Gasteiger partial charge is 0.456 e. The van der Waals surface area contributed by atoms with Crippen LogP contribution in [0.25, 0.3) is 21.3 Å². The number of hydrogen-bond donors (Lipinski definition) is 3. The van der Waals surface area contributed by atoms with Gasteiger partial charge in [0.2, 0.25) is 5.95 Å². The van der Waals surface area contributed by atoms with Crippen molar-refractivity contribution in [3.8, 4) is 11.1 Å². The van der Waals surface area contributed by atoms with E-state index in [1.54, 1.807) is 0 Å². The van der Waals surface area contributed by atoms with Crippen LogP contribution in [-0.2, 0) is 16.0 Å². The molecule has 0 saturated heterocycles. The highest BCUT2D eigenvalue weighted by molar-refractivity contribution is 7.22. The number of alkyl halides is 3. The fraction of sp³-hybridized carbons (Fsp3) is 0.300. The van der Waals surface area contributed by atoms with Gasteiger partial charge in [-0.2, -0.15) is 23.3 Å². The molecule has 222 valence electrons. The number of benzene rings is 2. The number of esters is 1. The van der Waals surface area contributed by atoms with Crippen molar-refractivity contribution in [3.05, 3.63) is 77.7 Å². The number of carbonyl (C=O) groups excluding carboxylic acids is 1. The lowest BCUT2D eigenvalue weighted by Gasteiger charge is -2.29. The van der Waals surface area contributed by atoms with Crippen molar-refractivity contribution in [1.82, 2.24) is 25.1 Å². The first kappa shape index (κ1) is 28.6. The topological polar surface area (TPSA) is 118 Å². The van der Waals surface area contributed by atoms with Gasteiger partial charge in [-0.1, -0.05) is 47.7 Å². The number of rotatable bonds is 8. The predicted octanol–water partition coefficient (Wildman–Crippen LogP) is 6.95. The van der Waals surface area contributed by atoms with Crippen LogP contribution in [0.4, 0.5) is 30.1 Å². The Morgan fingerprint density at radius 3 is 2.56 bits per heavy atom. The molecular formula is C30H28F3N7O2S. The van der Waals surface area contributed by atoms with Crippen LogP contribution in [0.1, 0.15) is 42.6 Å². The number of H-pyrrole nitrogens is 1. The third-order valence-electron chi connectivity index (χ3n) is 7.29. The van der Waals surface area contributed by atoms with Crippen molar-refractivity contribution in [3.63, 3.8) is 0 Å². The molecule has 0 unspecified atom stereocenters. The van der Waals surface area contributed by atoms with Gasteiger partial charge < -0.3 is 15.4 Å². The van der Waals surface area contributed by atoms with Gasteiger partial charge in [-0.15, -0.1) is 0 Å². The largest absolute Gasteiger partial charge is 0.490 e. The summed E-state index contributed by atoms with van der Waals surface area (Å²) < 4.78 is 43.4. The maximum absolute atomic E-state index is 12.6. The van der Waals surface area contributed by atoms with Gasteiger partial charge >= 0.3 is 12.1 Å². The summed E-state index contributed by atoms with van der Waals surface area (Å²) >= 11 is 1.51. The summed E-state index contributed by atoms with van der Waals surface area (Å²) in [5, 5.41) is 14.5. The molecule has 2 aromatic carbocycles. The van der Waals surface area contributed by atoms with Crippen molar-refractivity contribution in [1.29, 1.82) is 0 Å². The number of carbonyl (C=O) groups is 1. The number of ether oxygens (including phenoxy) is 1. The Balaban J connectivity index is 1.20. The van der Waals surface area contributed by atoms with E-state index in [1.807, 2.05) is 61.7 Å². The van der Waals surface area contributed by atoms with Gasteiger partial charge in [-0.25, -0.2) is 14.8 Å². The average Bonchev–Trinajstić information content (AvgIpc) is 3.58. The number of aromatic amines is 1. The fourth-order valence-electron chi connectivity index (χ4n) is 5.15. The lowest BCUT2D eigenvalue weighted by molar-refractivity contribution is -0.206. The second kappa shape index (κ2) is 12.0. The molecule has 3 N–H and O–H groups in total. The fourth-order valence-corrected chi connectivity index (χ4v) is 6.07. The van der Waals surface area contributed by atoms with E-state index >= 15 is 0 Å². The molecule has 43 heavy (non-hydrogen) atoms. The third-order valence-corrected chi connectivity index (χ3v) is 8.22. The molecule has 5 aromatic rings. The SMILES string of the molecule is Cc1n[nH]cc1-c1ccc2nc(Nc3cc(Cc4ccccc4)nc(NC4CCC(OC(=O)C(F)(F)F)CC4)n3)sc2c1. The van der Waals surface area contributed by atoms with Gasteiger partial charge in [0.1, 0.15) is 11.9 Å². The van der Waals surface area contributed by atoms with Gasteiger partial charge in [-0.3, -0.25) is 5.10 Å². The van der Waals surface area contributed by atoms with Gasteiger partial charge in [0.05, 0.1) is 21.6 Å². The Morgan fingerprint density at radius 2 is 1.84 bits per heavy atom. The highest BCUT2D eigenvalue weighted by atomic mass is 32.1.